The van der Waals surface area contributed by atoms with Crippen molar-refractivity contribution in [3.63, 3.8) is 0 Å². The molecule has 1 fully saturated rings. The van der Waals surface area contributed by atoms with Crippen LogP contribution in [-0.4, -0.2) is 16.8 Å². The van der Waals surface area contributed by atoms with Gasteiger partial charge in [0.1, 0.15) is 0 Å². The first-order chi connectivity index (χ1) is 9.07. The molecule has 2 heterocycles. The van der Waals surface area contributed by atoms with Gasteiger partial charge in [0.05, 0.1) is 17.3 Å². The summed E-state index contributed by atoms with van der Waals surface area (Å²) >= 11 is 0. The summed E-state index contributed by atoms with van der Waals surface area (Å²) in [6.07, 6.45) is 3.00. The first kappa shape index (κ1) is 7.07. The smallest absolute Gasteiger partial charge is 0.0995 e. The number of benzene rings is 1. The van der Waals surface area contributed by atoms with Gasteiger partial charge < -0.3 is 4.74 Å². The second-order valence-corrected chi connectivity index (χ2v) is 4.19. The summed E-state index contributed by atoms with van der Waals surface area (Å²) in [5.41, 5.74) is 1.85. The molecule has 2 aromatic rings. The van der Waals surface area contributed by atoms with E-state index in [0.29, 0.717) is 16.5 Å². The first-order valence-electron chi connectivity index (χ1n) is 7.16. The minimum absolute atomic E-state index is 0.0674. The molecule has 0 amide bonds. The molecule has 0 spiro atoms. The molecule has 0 aliphatic carbocycles. The predicted octanol–water partition coefficient (Wildman–Crippen LogP) is 3.11. The number of hydrogen-bond donors (Lipinski definition) is 1. The quantitative estimate of drug-likeness (QED) is 0.800. The van der Waals surface area contributed by atoms with Crippen LogP contribution in [0, 0.1) is 6.85 Å². The molecule has 16 heavy (non-hydrogen) atoms. The maximum Gasteiger partial charge on any atom is 0.0995 e. The highest BCUT2D eigenvalue weighted by atomic mass is 16.5. The maximum absolute atomic E-state index is 7.66. The number of aromatic amines is 1. The zero-order chi connectivity index (χ0) is 13.5. The molecule has 1 unspecified atom stereocenters. The number of rotatable bonds is 1. The Bertz CT molecular complexity index is 585. The zero-order valence-corrected chi connectivity index (χ0v) is 8.99. The highest BCUT2D eigenvalue weighted by Gasteiger charge is 2.21. The minimum Gasteiger partial charge on any atom is -0.372 e. The second kappa shape index (κ2) is 3.91. The SMILES string of the molecule is [2H]C([2H])([2H])c1cccc2n[nH]c(C3CCCCO3)c12. The predicted molar refractivity (Wildman–Crippen MR) is 63.4 cm³/mol. The van der Waals surface area contributed by atoms with Gasteiger partial charge in [-0.1, -0.05) is 12.1 Å². The molecule has 3 nitrogen and oxygen atoms in total. The average Bonchev–Trinajstić information content (AvgIpc) is 2.82. The highest BCUT2D eigenvalue weighted by molar-refractivity contribution is 5.85. The van der Waals surface area contributed by atoms with Gasteiger partial charge in [-0.15, -0.1) is 0 Å². The fourth-order valence-electron chi connectivity index (χ4n) is 2.29. The standard InChI is InChI=1S/C13H16N2O/c1-9-5-4-6-10-12(9)13(15-14-10)11-7-2-3-8-16-11/h4-6,11H,2-3,7-8H2,1H3,(H,14,15)/i1D3. The van der Waals surface area contributed by atoms with E-state index in [9.17, 15) is 0 Å². The average molecular weight is 219 g/mol. The van der Waals surface area contributed by atoms with Crippen molar-refractivity contribution in [2.45, 2.75) is 32.2 Å². The lowest BCUT2D eigenvalue weighted by atomic mass is 10.0. The van der Waals surface area contributed by atoms with Crippen molar-refractivity contribution in [3.05, 3.63) is 29.5 Å². The molecule has 1 atom stereocenters. The van der Waals surface area contributed by atoms with Gasteiger partial charge in [-0.3, -0.25) is 5.10 Å². The van der Waals surface area contributed by atoms with E-state index < -0.39 is 6.85 Å². The van der Waals surface area contributed by atoms with Crippen LogP contribution in [0.25, 0.3) is 10.9 Å². The third-order valence-corrected chi connectivity index (χ3v) is 3.11. The van der Waals surface area contributed by atoms with Crippen molar-refractivity contribution in [2.24, 2.45) is 0 Å². The molecular weight excluding hydrogens is 200 g/mol. The monoisotopic (exact) mass is 219 g/mol. The molecule has 0 saturated carbocycles. The third kappa shape index (κ3) is 1.52. The molecule has 3 heteroatoms. The summed E-state index contributed by atoms with van der Waals surface area (Å²) in [5, 5.41) is 7.89. The van der Waals surface area contributed by atoms with Gasteiger partial charge in [-0.25, -0.2) is 0 Å². The van der Waals surface area contributed by atoms with Gasteiger partial charge in [0, 0.05) is 16.1 Å². The number of ether oxygens (including phenoxy) is 1. The number of hydrogen-bond acceptors (Lipinski definition) is 2. The number of nitrogens with zero attached hydrogens (tertiary/aromatic N) is 1. The fraction of sp³-hybridized carbons (Fsp3) is 0.462. The first-order valence-corrected chi connectivity index (χ1v) is 5.66. The van der Waals surface area contributed by atoms with Crippen molar-refractivity contribution in [1.82, 2.24) is 10.2 Å². The Balaban J connectivity index is 2.15. The van der Waals surface area contributed by atoms with Crippen LogP contribution in [-0.2, 0) is 4.74 Å². The molecule has 1 aliphatic heterocycles. The molecule has 84 valence electrons. The third-order valence-electron chi connectivity index (χ3n) is 3.11. The van der Waals surface area contributed by atoms with Gasteiger partial charge in [-0.05, 0) is 37.7 Å². The Labute approximate surface area is 99.0 Å². The van der Waals surface area contributed by atoms with E-state index in [1.54, 1.807) is 12.1 Å². The van der Waals surface area contributed by atoms with Gasteiger partial charge in [0.2, 0.25) is 0 Å². The summed E-state index contributed by atoms with van der Waals surface area (Å²) < 4.78 is 28.7. The van der Waals surface area contributed by atoms with Crippen molar-refractivity contribution in [3.8, 4) is 0 Å². The van der Waals surface area contributed by atoms with Crippen molar-refractivity contribution in [2.75, 3.05) is 6.61 Å². The van der Waals surface area contributed by atoms with E-state index >= 15 is 0 Å². The van der Waals surface area contributed by atoms with E-state index in [0.717, 1.165) is 31.6 Å². The normalized spacial score (nSPS) is 25.0. The minimum atomic E-state index is -2.13. The lowest BCUT2D eigenvalue weighted by molar-refractivity contribution is 0.0131. The molecule has 1 aliphatic rings. The second-order valence-electron chi connectivity index (χ2n) is 4.19. The lowest BCUT2D eigenvalue weighted by Crippen LogP contribution is -2.12. The van der Waals surface area contributed by atoms with E-state index in [4.69, 9.17) is 8.85 Å². The van der Waals surface area contributed by atoms with E-state index in [-0.39, 0.29) is 6.10 Å². The van der Waals surface area contributed by atoms with Crippen LogP contribution < -0.4 is 0 Å². The number of H-pyrrole nitrogens is 1. The molecule has 1 N–H and O–H groups in total. The summed E-state index contributed by atoms with van der Waals surface area (Å²) in [7, 11) is 0. The largest absolute Gasteiger partial charge is 0.372 e. The summed E-state index contributed by atoms with van der Waals surface area (Å²) in [5.74, 6) is 0. The number of aromatic nitrogens is 2. The Morgan fingerprint density at radius 1 is 1.50 bits per heavy atom. The molecule has 1 saturated heterocycles. The van der Waals surface area contributed by atoms with E-state index in [1.165, 1.54) is 0 Å². The molecule has 0 bridgehead atoms. The Morgan fingerprint density at radius 2 is 2.50 bits per heavy atom. The van der Waals surface area contributed by atoms with Crippen molar-refractivity contribution in [1.29, 1.82) is 0 Å². The van der Waals surface area contributed by atoms with Crippen molar-refractivity contribution < 1.29 is 8.85 Å². The van der Waals surface area contributed by atoms with Crippen molar-refractivity contribution >= 4 is 10.9 Å². The Hall–Kier alpha value is -1.35. The van der Waals surface area contributed by atoms with Crippen LogP contribution in [0.5, 0.6) is 0 Å². The molecule has 0 radical (unpaired) electrons. The summed E-state index contributed by atoms with van der Waals surface area (Å²) in [6.45, 7) is -1.41. The number of aryl methyl sites for hydroxylation is 1. The molecule has 1 aromatic carbocycles. The summed E-state index contributed by atoms with van der Waals surface area (Å²) in [4.78, 5) is 0. The Kier molecular flexibility index (Phi) is 1.73. The van der Waals surface area contributed by atoms with Gasteiger partial charge >= 0.3 is 0 Å². The van der Waals surface area contributed by atoms with Crippen LogP contribution in [0.15, 0.2) is 18.2 Å². The number of nitrogens with one attached hydrogen (secondary N) is 1. The highest BCUT2D eigenvalue weighted by Crippen LogP contribution is 2.32. The zero-order valence-electron chi connectivity index (χ0n) is 12.0. The van der Waals surface area contributed by atoms with Gasteiger partial charge in [0.15, 0.2) is 0 Å². The van der Waals surface area contributed by atoms with Gasteiger partial charge in [0.25, 0.3) is 0 Å². The van der Waals surface area contributed by atoms with Crippen LogP contribution in [0.4, 0.5) is 0 Å². The lowest BCUT2D eigenvalue weighted by Gasteiger charge is -2.21. The van der Waals surface area contributed by atoms with Crippen LogP contribution >= 0.6 is 0 Å². The van der Waals surface area contributed by atoms with Crippen LogP contribution in [0.2, 0.25) is 0 Å². The summed E-state index contributed by atoms with van der Waals surface area (Å²) in [6, 6.07) is 5.21. The van der Waals surface area contributed by atoms with Crippen LogP contribution in [0.3, 0.4) is 0 Å². The van der Waals surface area contributed by atoms with Crippen LogP contribution in [0.1, 0.15) is 40.7 Å². The van der Waals surface area contributed by atoms with E-state index in [1.807, 2.05) is 6.07 Å². The molecule has 3 rings (SSSR count). The van der Waals surface area contributed by atoms with Gasteiger partial charge in [-0.2, -0.15) is 5.10 Å². The maximum atomic E-state index is 7.66. The number of fused-ring (bicyclic) bond motifs is 1. The van der Waals surface area contributed by atoms with E-state index in [2.05, 4.69) is 10.2 Å². The molecular formula is C13H16N2O. The fourth-order valence-corrected chi connectivity index (χ4v) is 2.29. The molecule has 1 aromatic heterocycles. The topological polar surface area (TPSA) is 37.9 Å². The Morgan fingerprint density at radius 3 is 3.31 bits per heavy atom.